The summed E-state index contributed by atoms with van der Waals surface area (Å²) in [7, 11) is -13.7. The molecule has 0 radical (unpaired) electrons. The van der Waals surface area contributed by atoms with E-state index in [2.05, 4.69) is 21.1 Å². The highest BCUT2D eigenvalue weighted by Gasteiger charge is 2.19. The zero-order valence-electron chi connectivity index (χ0n) is 21.6. The van der Waals surface area contributed by atoms with Crippen molar-refractivity contribution in [3.8, 4) is 0 Å². The predicted molar refractivity (Wildman–Crippen MR) is 160 cm³/mol. The zero-order valence-corrected chi connectivity index (χ0v) is 24.0. The molecule has 0 atom stereocenters. The standard InChI is InChI=1S/C26H21N5O9S3/c27-21-9-10-24(26-19(21)5-2-6-25(26)43(38,39)40)31-30-23-12-11-22(18-8-7-17(14-20(18)23)42(35,36)37)29-28-15-3-1-4-16(13-15)41(32,33)34/h1-14,28-29H,27H2,(H,32,33,34)(H,35,36,37)(H,38,39,40). The van der Waals surface area contributed by atoms with E-state index in [1.54, 1.807) is 12.1 Å². The first kappa shape index (κ1) is 29.8. The maximum Gasteiger partial charge on any atom is 0.295 e. The fourth-order valence-electron chi connectivity index (χ4n) is 4.33. The summed E-state index contributed by atoms with van der Waals surface area (Å²) in [5.41, 5.74) is 12.7. The van der Waals surface area contributed by atoms with E-state index in [4.69, 9.17) is 5.73 Å². The van der Waals surface area contributed by atoms with Crippen LogP contribution in [0.5, 0.6) is 0 Å². The van der Waals surface area contributed by atoms with Crippen molar-refractivity contribution >= 4 is 80.3 Å². The lowest BCUT2D eigenvalue weighted by Gasteiger charge is -2.14. The molecule has 0 aliphatic carbocycles. The Morgan fingerprint density at radius 1 is 0.581 bits per heavy atom. The van der Waals surface area contributed by atoms with Crippen molar-refractivity contribution in [2.45, 2.75) is 14.7 Å². The Hall–Kier alpha value is -4.65. The molecule has 43 heavy (non-hydrogen) atoms. The summed E-state index contributed by atoms with van der Waals surface area (Å²) in [6, 6.07) is 19.1. The van der Waals surface area contributed by atoms with Gasteiger partial charge in [-0.15, -0.1) is 10.2 Å². The average Bonchev–Trinajstić information content (AvgIpc) is 2.94. The zero-order chi connectivity index (χ0) is 31.2. The lowest BCUT2D eigenvalue weighted by atomic mass is 10.1. The number of rotatable bonds is 8. The third-order valence-corrected chi connectivity index (χ3v) is 8.89. The molecule has 0 spiro atoms. The van der Waals surface area contributed by atoms with Crippen LogP contribution in [-0.2, 0) is 30.4 Å². The molecular weight excluding hydrogens is 623 g/mol. The minimum Gasteiger partial charge on any atom is -0.398 e. The maximum absolute atomic E-state index is 12.1. The summed E-state index contributed by atoms with van der Waals surface area (Å²) in [5, 5.41) is 9.31. The number of benzene rings is 5. The van der Waals surface area contributed by atoms with Gasteiger partial charge in [0.15, 0.2) is 0 Å². The Morgan fingerprint density at radius 3 is 1.93 bits per heavy atom. The van der Waals surface area contributed by atoms with Crippen LogP contribution in [-0.4, -0.2) is 38.9 Å². The lowest BCUT2D eigenvalue weighted by molar-refractivity contribution is 0.481. The number of nitrogens with two attached hydrogens (primary N) is 1. The molecule has 14 nitrogen and oxygen atoms in total. The van der Waals surface area contributed by atoms with Crippen LogP contribution in [0, 0.1) is 0 Å². The van der Waals surface area contributed by atoms with Crippen LogP contribution in [0.25, 0.3) is 21.5 Å². The first-order chi connectivity index (χ1) is 20.1. The summed E-state index contributed by atoms with van der Waals surface area (Å²) < 4.78 is 99.6. The molecule has 222 valence electrons. The van der Waals surface area contributed by atoms with Gasteiger partial charge in [0.05, 0.1) is 32.5 Å². The molecule has 0 bridgehead atoms. The van der Waals surface area contributed by atoms with Crippen LogP contribution in [0.1, 0.15) is 0 Å². The Labute approximate surface area is 245 Å². The fraction of sp³-hybridized carbons (Fsp3) is 0. The highest BCUT2D eigenvalue weighted by Crippen LogP contribution is 2.38. The van der Waals surface area contributed by atoms with Crippen molar-refractivity contribution in [1.82, 2.24) is 0 Å². The van der Waals surface area contributed by atoms with Crippen molar-refractivity contribution in [2.24, 2.45) is 10.2 Å². The van der Waals surface area contributed by atoms with E-state index in [1.165, 1.54) is 60.7 Å². The van der Waals surface area contributed by atoms with Crippen molar-refractivity contribution < 1.29 is 38.9 Å². The van der Waals surface area contributed by atoms with E-state index >= 15 is 0 Å². The van der Waals surface area contributed by atoms with E-state index in [-0.39, 0.29) is 38.4 Å². The summed E-state index contributed by atoms with van der Waals surface area (Å²) >= 11 is 0. The van der Waals surface area contributed by atoms with Gasteiger partial charge in [-0.3, -0.25) is 13.7 Å². The summed E-state index contributed by atoms with van der Waals surface area (Å²) in [5.74, 6) is 0. The predicted octanol–water partition coefficient (Wildman–Crippen LogP) is 5.17. The number of hydrazine groups is 1. The van der Waals surface area contributed by atoms with Gasteiger partial charge in [-0.1, -0.05) is 24.3 Å². The molecule has 5 rings (SSSR count). The second-order valence-electron chi connectivity index (χ2n) is 9.10. The quantitative estimate of drug-likeness (QED) is 0.0556. The van der Waals surface area contributed by atoms with Crippen LogP contribution in [0.2, 0.25) is 0 Å². The molecule has 5 aromatic carbocycles. The number of nitrogens with one attached hydrogen (secondary N) is 2. The smallest absolute Gasteiger partial charge is 0.295 e. The number of hydrogen-bond donors (Lipinski definition) is 6. The summed E-state index contributed by atoms with van der Waals surface area (Å²) in [6.45, 7) is 0. The SMILES string of the molecule is Nc1ccc(N=Nc2ccc(NNc3cccc(S(=O)(=O)O)c3)c3ccc(S(=O)(=O)O)cc23)c2c(S(=O)(=O)O)cccc12. The molecule has 17 heteroatoms. The van der Waals surface area contributed by atoms with Crippen LogP contribution >= 0.6 is 0 Å². The number of azo groups is 1. The third kappa shape index (κ3) is 6.26. The Bertz CT molecular complexity index is 2290. The van der Waals surface area contributed by atoms with E-state index in [0.29, 0.717) is 16.5 Å². The van der Waals surface area contributed by atoms with Crippen LogP contribution in [0.4, 0.5) is 28.4 Å². The van der Waals surface area contributed by atoms with Gasteiger partial charge in [0, 0.05) is 27.2 Å². The first-order valence-corrected chi connectivity index (χ1v) is 16.3. The number of nitrogens with zero attached hydrogens (tertiary/aromatic N) is 2. The van der Waals surface area contributed by atoms with Crippen LogP contribution in [0.15, 0.2) is 110 Å². The molecule has 7 N–H and O–H groups in total. The molecule has 0 aliphatic heterocycles. The van der Waals surface area contributed by atoms with Gasteiger partial charge in [0.2, 0.25) is 0 Å². The minimum absolute atomic E-state index is 0.0197. The Kier molecular flexibility index (Phi) is 7.55. The number of nitrogen functional groups attached to an aromatic ring is 1. The van der Waals surface area contributed by atoms with Crippen molar-refractivity contribution in [1.29, 1.82) is 0 Å². The number of anilines is 3. The van der Waals surface area contributed by atoms with Gasteiger partial charge in [0.25, 0.3) is 30.4 Å². The van der Waals surface area contributed by atoms with Crippen molar-refractivity contribution in [3.63, 3.8) is 0 Å². The Balaban J connectivity index is 1.61. The molecular formula is C26H21N5O9S3. The molecule has 5 aromatic rings. The van der Waals surface area contributed by atoms with E-state index in [9.17, 15) is 38.9 Å². The first-order valence-electron chi connectivity index (χ1n) is 12.0. The molecule has 0 aromatic heterocycles. The summed E-state index contributed by atoms with van der Waals surface area (Å²) in [6.07, 6.45) is 0. The van der Waals surface area contributed by atoms with Gasteiger partial charge in [-0.2, -0.15) is 25.3 Å². The molecule has 0 fully saturated rings. The topological polar surface area (TPSA) is 238 Å². The van der Waals surface area contributed by atoms with Crippen LogP contribution < -0.4 is 16.6 Å². The largest absolute Gasteiger partial charge is 0.398 e. The molecule has 0 aliphatic rings. The minimum atomic E-state index is -4.67. The van der Waals surface area contributed by atoms with Crippen LogP contribution in [0.3, 0.4) is 0 Å². The molecule has 0 saturated heterocycles. The second kappa shape index (κ2) is 10.9. The number of fused-ring (bicyclic) bond motifs is 2. The fourth-order valence-corrected chi connectivity index (χ4v) is 6.08. The van der Waals surface area contributed by atoms with Gasteiger partial charge in [0.1, 0.15) is 4.90 Å². The Morgan fingerprint density at radius 2 is 1.23 bits per heavy atom. The lowest BCUT2D eigenvalue weighted by Crippen LogP contribution is -2.10. The highest BCUT2D eigenvalue weighted by molar-refractivity contribution is 7.86. The normalized spacial score (nSPS) is 12.6. The molecule has 0 amide bonds. The van der Waals surface area contributed by atoms with E-state index in [0.717, 1.165) is 12.1 Å². The van der Waals surface area contributed by atoms with E-state index < -0.39 is 40.1 Å². The van der Waals surface area contributed by atoms with Gasteiger partial charge >= 0.3 is 0 Å². The molecule has 0 unspecified atom stereocenters. The van der Waals surface area contributed by atoms with E-state index in [1.807, 2.05) is 0 Å². The van der Waals surface area contributed by atoms with Crippen molar-refractivity contribution in [2.75, 3.05) is 16.6 Å². The molecule has 0 heterocycles. The summed E-state index contributed by atoms with van der Waals surface area (Å²) in [4.78, 5) is -1.22. The number of hydrogen-bond acceptors (Lipinski definition) is 11. The highest BCUT2D eigenvalue weighted by atomic mass is 32.2. The van der Waals surface area contributed by atoms with Gasteiger partial charge in [-0.25, -0.2) is 0 Å². The van der Waals surface area contributed by atoms with Gasteiger partial charge < -0.3 is 16.6 Å². The van der Waals surface area contributed by atoms with Gasteiger partial charge in [-0.05, 0) is 60.7 Å². The molecule has 0 saturated carbocycles. The maximum atomic E-state index is 12.1. The third-order valence-electron chi connectivity index (χ3n) is 6.29. The second-order valence-corrected chi connectivity index (χ2v) is 13.3. The monoisotopic (exact) mass is 643 g/mol. The average molecular weight is 644 g/mol. The van der Waals surface area contributed by atoms with Crippen molar-refractivity contribution in [3.05, 3.63) is 84.9 Å².